The maximum absolute atomic E-state index is 5.53. The molecule has 8 heteroatoms. The van der Waals surface area contributed by atoms with Crippen LogP contribution in [0.3, 0.4) is 0 Å². The second-order valence-corrected chi connectivity index (χ2v) is 5.80. The van der Waals surface area contributed by atoms with Gasteiger partial charge in [0, 0.05) is 31.2 Å². The topological polar surface area (TPSA) is 95.8 Å². The van der Waals surface area contributed by atoms with Crippen LogP contribution in [0.2, 0.25) is 0 Å². The van der Waals surface area contributed by atoms with Gasteiger partial charge in [0.25, 0.3) is 0 Å². The lowest BCUT2D eigenvalue weighted by Crippen LogP contribution is -2.23. The zero-order valence-corrected chi connectivity index (χ0v) is 13.4. The maximum atomic E-state index is 5.53. The number of aromatic amines is 1. The van der Waals surface area contributed by atoms with Crippen LogP contribution in [0.25, 0.3) is 11.4 Å². The summed E-state index contributed by atoms with van der Waals surface area (Å²) in [6.07, 6.45) is 7.48. The highest BCUT2D eigenvalue weighted by Crippen LogP contribution is 2.32. The standard InChI is InChI=1S/C16H19N7O/c1-17-13-5-4-11(9-20-13)15-21-16(24-22-15)12-3-2-8-23(12)10-14-18-6-7-19-14/h4-7,9,12H,2-3,8,10H2,1H3,(H,17,20)(H,18,19). The number of rotatable bonds is 5. The van der Waals surface area contributed by atoms with Crippen LogP contribution < -0.4 is 5.32 Å². The van der Waals surface area contributed by atoms with Crippen molar-refractivity contribution < 1.29 is 4.52 Å². The molecule has 0 aromatic carbocycles. The van der Waals surface area contributed by atoms with Crippen molar-refractivity contribution in [2.24, 2.45) is 0 Å². The van der Waals surface area contributed by atoms with E-state index in [9.17, 15) is 0 Å². The van der Waals surface area contributed by atoms with Gasteiger partial charge in [0.1, 0.15) is 11.6 Å². The second-order valence-electron chi connectivity index (χ2n) is 5.80. The van der Waals surface area contributed by atoms with E-state index >= 15 is 0 Å². The lowest BCUT2D eigenvalue weighted by Gasteiger charge is -2.19. The van der Waals surface area contributed by atoms with Crippen molar-refractivity contribution >= 4 is 5.82 Å². The summed E-state index contributed by atoms with van der Waals surface area (Å²) >= 11 is 0. The van der Waals surface area contributed by atoms with E-state index in [0.717, 1.165) is 43.1 Å². The van der Waals surface area contributed by atoms with Gasteiger partial charge in [-0.2, -0.15) is 4.98 Å². The molecule has 24 heavy (non-hydrogen) atoms. The molecule has 0 spiro atoms. The quantitative estimate of drug-likeness (QED) is 0.742. The molecule has 124 valence electrons. The van der Waals surface area contributed by atoms with Crippen molar-refractivity contribution in [3.63, 3.8) is 0 Å². The van der Waals surface area contributed by atoms with Gasteiger partial charge >= 0.3 is 0 Å². The fraction of sp³-hybridized carbons (Fsp3) is 0.375. The summed E-state index contributed by atoms with van der Waals surface area (Å²) < 4.78 is 5.53. The molecule has 1 aliphatic heterocycles. The minimum Gasteiger partial charge on any atom is -0.373 e. The van der Waals surface area contributed by atoms with E-state index in [2.05, 4.69) is 35.3 Å². The molecule has 3 aromatic heterocycles. The molecule has 4 heterocycles. The highest BCUT2D eigenvalue weighted by atomic mass is 16.5. The van der Waals surface area contributed by atoms with Gasteiger partial charge in [0.05, 0.1) is 12.6 Å². The van der Waals surface area contributed by atoms with Gasteiger partial charge < -0.3 is 14.8 Å². The van der Waals surface area contributed by atoms with Crippen molar-refractivity contribution in [1.82, 2.24) is 30.0 Å². The van der Waals surface area contributed by atoms with E-state index in [4.69, 9.17) is 4.52 Å². The van der Waals surface area contributed by atoms with Gasteiger partial charge in [0.2, 0.25) is 11.7 Å². The Labute approximate surface area is 139 Å². The van der Waals surface area contributed by atoms with Crippen LogP contribution in [0, 0.1) is 0 Å². The summed E-state index contributed by atoms with van der Waals surface area (Å²) in [5.74, 6) is 2.99. The minimum absolute atomic E-state index is 0.140. The van der Waals surface area contributed by atoms with E-state index in [1.165, 1.54) is 0 Å². The summed E-state index contributed by atoms with van der Waals surface area (Å²) in [6.45, 7) is 1.76. The Hall–Kier alpha value is -2.74. The number of H-pyrrole nitrogens is 1. The van der Waals surface area contributed by atoms with Crippen LogP contribution in [0.5, 0.6) is 0 Å². The Kier molecular flexibility index (Phi) is 3.96. The molecule has 1 fully saturated rings. The van der Waals surface area contributed by atoms with Crippen molar-refractivity contribution in [1.29, 1.82) is 0 Å². The fourth-order valence-corrected chi connectivity index (χ4v) is 3.03. The molecular weight excluding hydrogens is 306 g/mol. The van der Waals surface area contributed by atoms with E-state index in [0.29, 0.717) is 11.7 Å². The zero-order valence-electron chi connectivity index (χ0n) is 13.4. The Morgan fingerprint density at radius 2 is 2.33 bits per heavy atom. The minimum atomic E-state index is 0.140. The maximum Gasteiger partial charge on any atom is 0.244 e. The summed E-state index contributed by atoms with van der Waals surface area (Å²) in [7, 11) is 1.84. The van der Waals surface area contributed by atoms with E-state index < -0.39 is 0 Å². The average molecular weight is 325 g/mol. The average Bonchev–Trinajstić information content (AvgIpc) is 3.37. The number of pyridine rings is 1. The first kappa shape index (κ1) is 14.8. The molecule has 0 amide bonds. The first-order valence-electron chi connectivity index (χ1n) is 8.03. The van der Waals surface area contributed by atoms with Crippen molar-refractivity contribution in [3.05, 3.63) is 42.4 Å². The van der Waals surface area contributed by atoms with Crippen LogP contribution in [-0.2, 0) is 6.54 Å². The lowest BCUT2D eigenvalue weighted by molar-refractivity contribution is 0.197. The smallest absolute Gasteiger partial charge is 0.244 e. The number of likely N-dealkylation sites (tertiary alicyclic amines) is 1. The molecule has 0 bridgehead atoms. The van der Waals surface area contributed by atoms with Gasteiger partial charge in [-0.15, -0.1) is 0 Å². The molecule has 0 aliphatic carbocycles. The van der Waals surface area contributed by atoms with Crippen LogP contribution in [0.4, 0.5) is 5.82 Å². The first-order chi connectivity index (χ1) is 11.8. The highest BCUT2D eigenvalue weighted by molar-refractivity contribution is 5.55. The van der Waals surface area contributed by atoms with Gasteiger partial charge in [-0.25, -0.2) is 9.97 Å². The molecule has 1 aliphatic rings. The number of hydrogen-bond acceptors (Lipinski definition) is 7. The Morgan fingerprint density at radius 1 is 1.38 bits per heavy atom. The largest absolute Gasteiger partial charge is 0.373 e. The summed E-state index contributed by atoms with van der Waals surface area (Å²) in [5, 5.41) is 7.11. The molecular formula is C16H19N7O. The summed E-state index contributed by atoms with van der Waals surface area (Å²) in [4.78, 5) is 18.6. The highest BCUT2D eigenvalue weighted by Gasteiger charge is 2.31. The van der Waals surface area contributed by atoms with Crippen molar-refractivity contribution in [3.8, 4) is 11.4 Å². The van der Waals surface area contributed by atoms with E-state index in [1.54, 1.807) is 12.4 Å². The number of anilines is 1. The Balaban J connectivity index is 1.52. The van der Waals surface area contributed by atoms with Crippen LogP contribution in [0.1, 0.15) is 30.6 Å². The molecule has 3 aromatic rings. The first-order valence-corrected chi connectivity index (χ1v) is 8.03. The number of hydrogen-bond donors (Lipinski definition) is 2. The van der Waals surface area contributed by atoms with Crippen LogP contribution in [-0.4, -0.2) is 43.6 Å². The molecule has 0 saturated carbocycles. The third kappa shape index (κ3) is 2.88. The molecule has 8 nitrogen and oxygen atoms in total. The van der Waals surface area contributed by atoms with Crippen LogP contribution in [0.15, 0.2) is 35.2 Å². The number of nitrogens with zero attached hydrogens (tertiary/aromatic N) is 5. The Morgan fingerprint density at radius 3 is 3.08 bits per heavy atom. The predicted octanol–water partition coefficient (Wildman–Crippen LogP) is 2.23. The molecule has 1 atom stereocenters. The van der Waals surface area contributed by atoms with E-state index in [-0.39, 0.29) is 6.04 Å². The van der Waals surface area contributed by atoms with Crippen molar-refractivity contribution in [2.75, 3.05) is 18.9 Å². The number of nitrogens with one attached hydrogen (secondary N) is 2. The summed E-state index contributed by atoms with van der Waals surface area (Å²) in [5.41, 5.74) is 0.847. The second kappa shape index (κ2) is 6.40. The predicted molar refractivity (Wildman–Crippen MR) is 88.0 cm³/mol. The zero-order chi connectivity index (χ0) is 16.4. The third-order valence-electron chi connectivity index (χ3n) is 4.28. The lowest BCUT2D eigenvalue weighted by atomic mass is 10.2. The Bertz CT molecular complexity index is 781. The van der Waals surface area contributed by atoms with Gasteiger partial charge in [-0.3, -0.25) is 4.90 Å². The normalized spacial score (nSPS) is 18.1. The molecule has 4 rings (SSSR count). The van der Waals surface area contributed by atoms with Gasteiger partial charge in [-0.05, 0) is 31.5 Å². The van der Waals surface area contributed by atoms with E-state index in [1.807, 2.05) is 25.4 Å². The van der Waals surface area contributed by atoms with Gasteiger partial charge in [-0.1, -0.05) is 5.16 Å². The molecule has 0 radical (unpaired) electrons. The molecule has 1 unspecified atom stereocenters. The SMILES string of the molecule is CNc1ccc(-c2noc(C3CCCN3Cc3ncc[nH]3)n2)cn1. The number of imidazole rings is 1. The van der Waals surface area contributed by atoms with Crippen molar-refractivity contribution in [2.45, 2.75) is 25.4 Å². The fourth-order valence-electron chi connectivity index (χ4n) is 3.03. The molecule has 1 saturated heterocycles. The third-order valence-corrected chi connectivity index (χ3v) is 4.28. The molecule has 2 N–H and O–H groups in total. The van der Waals surface area contributed by atoms with Crippen LogP contribution >= 0.6 is 0 Å². The van der Waals surface area contributed by atoms with Gasteiger partial charge in [0.15, 0.2) is 0 Å². The monoisotopic (exact) mass is 325 g/mol. The summed E-state index contributed by atoms with van der Waals surface area (Å²) in [6, 6.07) is 3.97. The number of aromatic nitrogens is 5.